The highest BCUT2D eigenvalue weighted by Crippen LogP contribution is 2.32. The standard InChI is InChI=1S/C33H26F3N3O2/c1-2-28(22-8-4-3-5-9-22)38-31(40)24-14-18-29-23(20-24)15-19-30(37-29)39-32(41)27-11-7-6-10-26(27)21-12-16-25(17-13-21)33(34,35)36/h3-20,28H,2H2,1H3,(H,38,40)(H,37,39,41)/t28-/m1/s1. The van der Waals surface area contributed by atoms with Crippen molar-refractivity contribution in [2.24, 2.45) is 0 Å². The summed E-state index contributed by atoms with van der Waals surface area (Å²) in [4.78, 5) is 30.7. The normalized spacial score (nSPS) is 12.1. The van der Waals surface area contributed by atoms with Crippen molar-refractivity contribution in [3.05, 3.63) is 131 Å². The van der Waals surface area contributed by atoms with Gasteiger partial charge in [0.05, 0.1) is 17.1 Å². The van der Waals surface area contributed by atoms with Crippen molar-refractivity contribution in [2.45, 2.75) is 25.6 Å². The minimum absolute atomic E-state index is 0.111. The number of rotatable bonds is 7. The van der Waals surface area contributed by atoms with Crippen LogP contribution in [0, 0.1) is 0 Å². The van der Waals surface area contributed by atoms with Gasteiger partial charge in [0.15, 0.2) is 0 Å². The molecule has 0 fully saturated rings. The molecule has 0 spiro atoms. The Morgan fingerprint density at radius 1 is 0.805 bits per heavy atom. The van der Waals surface area contributed by atoms with Crippen LogP contribution < -0.4 is 10.6 Å². The number of amides is 2. The second kappa shape index (κ2) is 11.6. The molecule has 5 aromatic rings. The fraction of sp³-hybridized carbons (Fsp3) is 0.121. The number of fused-ring (bicyclic) bond motifs is 1. The lowest BCUT2D eigenvalue weighted by molar-refractivity contribution is -0.137. The number of halogens is 3. The predicted octanol–water partition coefficient (Wildman–Crippen LogP) is 8.05. The Balaban J connectivity index is 1.33. The lowest BCUT2D eigenvalue weighted by Gasteiger charge is -2.17. The van der Waals surface area contributed by atoms with Crippen LogP contribution in [0.2, 0.25) is 0 Å². The van der Waals surface area contributed by atoms with Crippen molar-refractivity contribution in [1.29, 1.82) is 0 Å². The smallest absolute Gasteiger partial charge is 0.345 e. The molecule has 5 rings (SSSR count). The number of anilines is 1. The molecule has 5 nitrogen and oxygen atoms in total. The quantitative estimate of drug-likeness (QED) is 0.214. The van der Waals surface area contributed by atoms with Gasteiger partial charge >= 0.3 is 6.18 Å². The maximum absolute atomic E-state index is 13.2. The third-order valence-electron chi connectivity index (χ3n) is 6.80. The zero-order chi connectivity index (χ0) is 29.0. The summed E-state index contributed by atoms with van der Waals surface area (Å²) in [6, 6.07) is 29.6. The summed E-state index contributed by atoms with van der Waals surface area (Å²) in [6.45, 7) is 2.01. The Hall–Kier alpha value is -4.98. The number of nitrogens with one attached hydrogen (secondary N) is 2. The van der Waals surface area contributed by atoms with Crippen LogP contribution in [-0.4, -0.2) is 16.8 Å². The van der Waals surface area contributed by atoms with E-state index in [1.165, 1.54) is 12.1 Å². The molecule has 2 amide bonds. The Bertz CT molecular complexity index is 1700. The number of alkyl halides is 3. The first kappa shape index (κ1) is 27.6. The molecule has 0 unspecified atom stereocenters. The van der Waals surface area contributed by atoms with E-state index in [9.17, 15) is 22.8 Å². The molecular formula is C33H26F3N3O2. The first-order chi connectivity index (χ1) is 19.7. The largest absolute Gasteiger partial charge is 0.416 e. The molecule has 0 aliphatic heterocycles. The number of carbonyl (C=O) groups is 2. The van der Waals surface area contributed by atoms with E-state index in [-0.39, 0.29) is 11.9 Å². The third-order valence-corrected chi connectivity index (χ3v) is 6.80. The van der Waals surface area contributed by atoms with E-state index in [0.29, 0.717) is 33.6 Å². The minimum atomic E-state index is -4.44. The number of benzene rings is 4. The SMILES string of the molecule is CC[C@@H](NC(=O)c1ccc2nc(NC(=O)c3ccccc3-c3ccc(C(F)(F)F)cc3)ccc2c1)c1ccccc1. The van der Waals surface area contributed by atoms with Gasteiger partial charge in [-0.05, 0) is 71.6 Å². The Labute approximate surface area is 235 Å². The van der Waals surface area contributed by atoms with Crippen LogP contribution in [0.25, 0.3) is 22.0 Å². The van der Waals surface area contributed by atoms with Gasteiger partial charge in [-0.1, -0.05) is 67.6 Å². The monoisotopic (exact) mass is 553 g/mol. The van der Waals surface area contributed by atoms with E-state index in [2.05, 4.69) is 15.6 Å². The van der Waals surface area contributed by atoms with Gasteiger partial charge in [-0.2, -0.15) is 13.2 Å². The fourth-order valence-corrected chi connectivity index (χ4v) is 4.64. The molecule has 4 aromatic carbocycles. The molecule has 1 heterocycles. The average molecular weight is 554 g/mol. The van der Waals surface area contributed by atoms with Crippen LogP contribution >= 0.6 is 0 Å². The molecular weight excluding hydrogens is 527 g/mol. The van der Waals surface area contributed by atoms with Gasteiger partial charge in [0.1, 0.15) is 5.82 Å². The van der Waals surface area contributed by atoms with Crippen molar-refractivity contribution in [3.8, 4) is 11.1 Å². The van der Waals surface area contributed by atoms with Crippen LogP contribution in [0.15, 0.2) is 109 Å². The van der Waals surface area contributed by atoms with E-state index in [1.54, 1.807) is 54.6 Å². The summed E-state index contributed by atoms with van der Waals surface area (Å²) in [5.41, 5.74) is 2.64. The van der Waals surface area contributed by atoms with Crippen molar-refractivity contribution in [3.63, 3.8) is 0 Å². The summed E-state index contributed by atoms with van der Waals surface area (Å²) < 4.78 is 38.9. The number of hydrogen-bond donors (Lipinski definition) is 2. The fourth-order valence-electron chi connectivity index (χ4n) is 4.64. The highest BCUT2D eigenvalue weighted by atomic mass is 19.4. The van der Waals surface area contributed by atoms with Crippen LogP contribution in [0.5, 0.6) is 0 Å². The predicted molar refractivity (Wildman–Crippen MR) is 154 cm³/mol. The van der Waals surface area contributed by atoms with E-state index >= 15 is 0 Å². The first-order valence-electron chi connectivity index (χ1n) is 13.1. The number of nitrogens with zero attached hydrogens (tertiary/aromatic N) is 1. The molecule has 0 aliphatic carbocycles. The van der Waals surface area contributed by atoms with Gasteiger partial charge in [-0.25, -0.2) is 4.98 Å². The molecule has 0 saturated heterocycles. The summed E-state index contributed by atoms with van der Waals surface area (Å²) >= 11 is 0. The van der Waals surface area contributed by atoms with Crippen molar-refractivity contribution >= 4 is 28.5 Å². The molecule has 0 saturated carbocycles. The van der Waals surface area contributed by atoms with Gasteiger partial charge in [0.2, 0.25) is 0 Å². The Morgan fingerprint density at radius 2 is 1.51 bits per heavy atom. The van der Waals surface area contributed by atoms with E-state index in [4.69, 9.17) is 0 Å². The second-order valence-electron chi connectivity index (χ2n) is 9.52. The maximum atomic E-state index is 13.2. The highest BCUT2D eigenvalue weighted by Gasteiger charge is 2.30. The van der Waals surface area contributed by atoms with Gasteiger partial charge in [0.25, 0.3) is 11.8 Å². The Morgan fingerprint density at radius 3 is 2.22 bits per heavy atom. The first-order valence-corrected chi connectivity index (χ1v) is 13.1. The van der Waals surface area contributed by atoms with Crippen LogP contribution in [0.3, 0.4) is 0 Å². The lowest BCUT2D eigenvalue weighted by atomic mass is 9.98. The zero-order valence-electron chi connectivity index (χ0n) is 22.1. The van der Waals surface area contributed by atoms with Gasteiger partial charge in [0, 0.05) is 16.5 Å². The highest BCUT2D eigenvalue weighted by molar-refractivity contribution is 6.08. The molecule has 206 valence electrons. The molecule has 41 heavy (non-hydrogen) atoms. The van der Waals surface area contributed by atoms with Crippen LogP contribution in [0.4, 0.5) is 19.0 Å². The molecule has 8 heteroatoms. The van der Waals surface area contributed by atoms with Crippen molar-refractivity contribution < 1.29 is 22.8 Å². The molecule has 1 aromatic heterocycles. The summed E-state index contributed by atoms with van der Waals surface area (Å²) in [7, 11) is 0. The van der Waals surface area contributed by atoms with Gasteiger partial charge in [-0.15, -0.1) is 0 Å². The van der Waals surface area contributed by atoms with Crippen LogP contribution in [-0.2, 0) is 6.18 Å². The second-order valence-corrected chi connectivity index (χ2v) is 9.52. The summed E-state index contributed by atoms with van der Waals surface area (Å²) in [5.74, 6) is -0.341. The molecule has 1 atom stereocenters. The summed E-state index contributed by atoms with van der Waals surface area (Å²) in [5, 5.41) is 6.58. The van der Waals surface area contributed by atoms with Gasteiger partial charge in [-0.3, -0.25) is 9.59 Å². The third kappa shape index (κ3) is 6.27. The van der Waals surface area contributed by atoms with E-state index in [0.717, 1.165) is 29.5 Å². The summed E-state index contributed by atoms with van der Waals surface area (Å²) in [6.07, 6.45) is -3.70. The maximum Gasteiger partial charge on any atom is 0.416 e. The molecule has 0 aliphatic rings. The van der Waals surface area contributed by atoms with Crippen molar-refractivity contribution in [2.75, 3.05) is 5.32 Å². The molecule has 0 radical (unpaired) electrons. The van der Waals surface area contributed by atoms with Crippen LogP contribution in [0.1, 0.15) is 51.2 Å². The number of carbonyl (C=O) groups excluding carboxylic acids is 2. The van der Waals surface area contributed by atoms with E-state index < -0.39 is 17.6 Å². The van der Waals surface area contributed by atoms with Crippen molar-refractivity contribution in [1.82, 2.24) is 10.3 Å². The number of hydrogen-bond acceptors (Lipinski definition) is 3. The average Bonchev–Trinajstić information content (AvgIpc) is 2.99. The van der Waals surface area contributed by atoms with E-state index in [1.807, 2.05) is 37.3 Å². The number of aromatic nitrogens is 1. The minimum Gasteiger partial charge on any atom is -0.345 e. The lowest BCUT2D eigenvalue weighted by Crippen LogP contribution is -2.28. The molecule has 0 bridgehead atoms. The molecule has 2 N–H and O–H groups in total. The van der Waals surface area contributed by atoms with Gasteiger partial charge < -0.3 is 10.6 Å². The topological polar surface area (TPSA) is 71.1 Å². The zero-order valence-corrected chi connectivity index (χ0v) is 22.1. The number of pyridine rings is 1. The Kier molecular flexibility index (Phi) is 7.83.